The van der Waals surface area contributed by atoms with Gasteiger partial charge in [-0.3, -0.25) is 9.59 Å². The summed E-state index contributed by atoms with van der Waals surface area (Å²) in [5.74, 6) is 0.755. The molecule has 0 spiro atoms. The number of carbonyl (C=O) groups excluding carboxylic acids is 2. The molecular formula is C12H20N2O2. The first-order valence-corrected chi connectivity index (χ1v) is 6.22. The molecule has 2 amide bonds. The first kappa shape index (κ1) is 11.4. The molecule has 16 heavy (non-hydrogen) atoms. The molecule has 0 radical (unpaired) electrons. The maximum atomic E-state index is 12.2. The van der Waals surface area contributed by atoms with Gasteiger partial charge in [0.25, 0.3) is 0 Å². The molecule has 2 fully saturated rings. The highest BCUT2D eigenvalue weighted by Crippen LogP contribution is 2.21. The van der Waals surface area contributed by atoms with Gasteiger partial charge in [0.2, 0.25) is 11.8 Å². The quantitative estimate of drug-likeness (QED) is 0.715. The van der Waals surface area contributed by atoms with Gasteiger partial charge in [-0.25, -0.2) is 0 Å². The van der Waals surface area contributed by atoms with Crippen LogP contribution in [-0.2, 0) is 9.59 Å². The van der Waals surface area contributed by atoms with E-state index < -0.39 is 0 Å². The zero-order chi connectivity index (χ0) is 11.5. The van der Waals surface area contributed by atoms with E-state index in [1.54, 1.807) is 0 Å². The highest BCUT2D eigenvalue weighted by molar-refractivity contribution is 5.86. The number of likely N-dealkylation sites (tertiary alicyclic amines) is 1. The lowest BCUT2D eigenvalue weighted by Gasteiger charge is -2.34. The Morgan fingerprint density at radius 3 is 2.94 bits per heavy atom. The van der Waals surface area contributed by atoms with E-state index in [0.29, 0.717) is 18.9 Å². The van der Waals surface area contributed by atoms with E-state index in [0.717, 1.165) is 25.9 Å². The van der Waals surface area contributed by atoms with Crippen molar-refractivity contribution in [2.24, 2.45) is 11.8 Å². The summed E-state index contributed by atoms with van der Waals surface area (Å²) in [6.07, 6.45) is 3.50. The van der Waals surface area contributed by atoms with Gasteiger partial charge in [-0.2, -0.15) is 0 Å². The summed E-state index contributed by atoms with van der Waals surface area (Å²) in [4.78, 5) is 25.4. The van der Waals surface area contributed by atoms with Crippen molar-refractivity contribution in [1.82, 2.24) is 10.2 Å². The highest BCUT2D eigenvalue weighted by atomic mass is 16.2. The number of nitrogens with one attached hydrogen (secondary N) is 1. The van der Waals surface area contributed by atoms with Gasteiger partial charge in [0.1, 0.15) is 0 Å². The van der Waals surface area contributed by atoms with Crippen LogP contribution in [0.4, 0.5) is 0 Å². The second-order valence-electron chi connectivity index (χ2n) is 5.07. The van der Waals surface area contributed by atoms with Gasteiger partial charge >= 0.3 is 0 Å². The van der Waals surface area contributed by atoms with Crippen LogP contribution < -0.4 is 5.32 Å². The van der Waals surface area contributed by atoms with E-state index in [1.165, 1.54) is 6.42 Å². The molecule has 4 heteroatoms. The molecule has 2 aliphatic heterocycles. The molecule has 0 bridgehead atoms. The highest BCUT2D eigenvalue weighted by Gasteiger charge is 2.30. The summed E-state index contributed by atoms with van der Waals surface area (Å²) in [5, 5.41) is 2.77. The second kappa shape index (κ2) is 4.85. The Morgan fingerprint density at radius 1 is 1.44 bits per heavy atom. The van der Waals surface area contributed by atoms with Crippen molar-refractivity contribution in [3.8, 4) is 0 Å². The molecule has 2 aliphatic rings. The van der Waals surface area contributed by atoms with Gasteiger partial charge in [0, 0.05) is 32.0 Å². The Morgan fingerprint density at radius 2 is 2.25 bits per heavy atom. The molecule has 1 N–H and O–H groups in total. The van der Waals surface area contributed by atoms with Crippen molar-refractivity contribution in [3.63, 3.8) is 0 Å². The number of piperidine rings is 2. The third-order valence-electron chi connectivity index (χ3n) is 3.56. The van der Waals surface area contributed by atoms with E-state index in [2.05, 4.69) is 12.2 Å². The van der Waals surface area contributed by atoms with Gasteiger partial charge in [0.05, 0.1) is 0 Å². The minimum absolute atomic E-state index is 0.0228. The van der Waals surface area contributed by atoms with Crippen molar-refractivity contribution in [3.05, 3.63) is 0 Å². The average molecular weight is 224 g/mol. The number of hydrogen-bond acceptors (Lipinski definition) is 2. The lowest BCUT2D eigenvalue weighted by atomic mass is 9.93. The Labute approximate surface area is 96.4 Å². The van der Waals surface area contributed by atoms with E-state index in [1.807, 2.05) is 4.90 Å². The first-order valence-electron chi connectivity index (χ1n) is 6.22. The summed E-state index contributed by atoms with van der Waals surface area (Å²) in [6.45, 7) is 4.59. The predicted molar refractivity (Wildman–Crippen MR) is 60.7 cm³/mol. The maximum Gasteiger partial charge on any atom is 0.226 e. The van der Waals surface area contributed by atoms with Crippen LogP contribution >= 0.6 is 0 Å². The van der Waals surface area contributed by atoms with Crippen molar-refractivity contribution >= 4 is 11.8 Å². The third-order valence-corrected chi connectivity index (χ3v) is 3.56. The lowest BCUT2D eigenvalue weighted by molar-refractivity contribution is -0.141. The fourth-order valence-electron chi connectivity index (χ4n) is 2.64. The third kappa shape index (κ3) is 2.54. The van der Waals surface area contributed by atoms with Crippen LogP contribution in [0.2, 0.25) is 0 Å². The molecule has 0 aromatic carbocycles. The fraction of sp³-hybridized carbons (Fsp3) is 0.833. The van der Waals surface area contributed by atoms with Crippen LogP contribution in [0.25, 0.3) is 0 Å². The number of rotatable bonds is 1. The summed E-state index contributed by atoms with van der Waals surface area (Å²) >= 11 is 0. The summed E-state index contributed by atoms with van der Waals surface area (Å²) in [7, 11) is 0. The Hall–Kier alpha value is -1.06. The van der Waals surface area contributed by atoms with E-state index in [-0.39, 0.29) is 17.7 Å². The Kier molecular flexibility index (Phi) is 3.46. The monoisotopic (exact) mass is 224 g/mol. The first-order chi connectivity index (χ1) is 7.66. The van der Waals surface area contributed by atoms with Crippen molar-refractivity contribution < 1.29 is 9.59 Å². The van der Waals surface area contributed by atoms with Gasteiger partial charge < -0.3 is 10.2 Å². The van der Waals surface area contributed by atoms with Crippen molar-refractivity contribution in [2.45, 2.75) is 32.6 Å². The number of hydrogen-bond donors (Lipinski definition) is 1. The number of carbonyl (C=O) groups is 2. The molecule has 0 aliphatic carbocycles. The average Bonchev–Trinajstić information content (AvgIpc) is 2.28. The Balaban J connectivity index is 1.92. The number of amides is 2. The molecule has 2 atom stereocenters. The zero-order valence-electron chi connectivity index (χ0n) is 9.87. The van der Waals surface area contributed by atoms with Crippen LogP contribution in [-0.4, -0.2) is 36.3 Å². The SMILES string of the molecule is CC1CCCN(C(=O)C2CCNC(=O)C2)C1. The molecule has 0 aromatic rings. The van der Waals surface area contributed by atoms with E-state index in [4.69, 9.17) is 0 Å². The van der Waals surface area contributed by atoms with Crippen LogP contribution in [0.1, 0.15) is 32.6 Å². The van der Waals surface area contributed by atoms with E-state index >= 15 is 0 Å². The topological polar surface area (TPSA) is 49.4 Å². The van der Waals surface area contributed by atoms with Gasteiger partial charge in [-0.05, 0) is 25.2 Å². The van der Waals surface area contributed by atoms with Crippen LogP contribution in [0.3, 0.4) is 0 Å². The standard InChI is InChI=1S/C12H20N2O2/c1-9-3-2-6-14(8-9)12(16)10-4-5-13-11(15)7-10/h9-10H,2-8H2,1H3,(H,13,15). The minimum atomic E-state index is -0.0703. The largest absolute Gasteiger partial charge is 0.356 e. The normalized spacial score (nSPS) is 31.1. The van der Waals surface area contributed by atoms with E-state index in [9.17, 15) is 9.59 Å². The fourth-order valence-corrected chi connectivity index (χ4v) is 2.64. The molecule has 90 valence electrons. The van der Waals surface area contributed by atoms with Crippen LogP contribution in [0.15, 0.2) is 0 Å². The Bertz CT molecular complexity index is 291. The summed E-state index contributed by atoms with van der Waals surface area (Å²) in [5.41, 5.74) is 0. The molecular weight excluding hydrogens is 204 g/mol. The van der Waals surface area contributed by atoms with Crippen molar-refractivity contribution in [1.29, 1.82) is 0 Å². The predicted octanol–water partition coefficient (Wildman–Crippen LogP) is 0.771. The lowest BCUT2D eigenvalue weighted by Crippen LogP contribution is -2.46. The van der Waals surface area contributed by atoms with Gasteiger partial charge in [-0.15, -0.1) is 0 Å². The van der Waals surface area contributed by atoms with Gasteiger partial charge in [-0.1, -0.05) is 6.92 Å². The molecule has 0 aromatic heterocycles. The minimum Gasteiger partial charge on any atom is -0.356 e. The molecule has 2 heterocycles. The van der Waals surface area contributed by atoms with Crippen LogP contribution in [0.5, 0.6) is 0 Å². The number of nitrogens with zero attached hydrogens (tertiary/aromatic N) is 1. The van der Waals surface area contributed by atoms with Crippen molar-refractivity contribution in [2.75, 3.05) is 19.6 Å². The van der Waals surface area contributed by atoms with Crippen LogP contribution in [0, 0.1) is 11.8 Å². The molecule has 4 nitrogen and oxygen atoms in total. The molecule has 0 saturated carbocycles. The molecule has 2 saturated heterocycles. The van der Waals surface area contributed by atoms with Gasteiger partial charge in [0.15, 0.2) is 0 Å². The molecule has 2 unspecified atom stereocenters. The summed E-state index contributed by atoms with van der Waals surface area (Å²) in [6, 6.07) is 0. The smallest absolute Gasteiger partial charge is 0.226 e. The maximum absolute atomic E-state index is 12.2. The summed E-state index contributed by atoms with van der Waals surface area (Å²) < 4.78 is 0. The zero-order valence-corrected chi connectivity index (χ0v) is 9.87. The molecule has 2 rings (SSSR count). The second-order valence-corrected chi connectivity index (χ2v) is 5.07.